The molecular formula is C16H21FN2O. The highest BCUT2D eigenvalue weighted by atomic mass is 19.1. The minimum atomic E-state index is -0.414. The smallest absolute Gasteiger partial charge is 0.257 e. The molecule has 3 nitrogen and oxygen atoms in total. The van der Waals surface area contributed by atoms with Crippen molar-refractivity contribution in [2.75, 3.05) is 20.1 Å². The number of halogens is 1. The van der Waals surface area contributed by atoms with Crippen molar-refractivity contribution in [3.05, 3.63) is 35.6 Å². The van der Waals surface area contributed by atoms with Gasteiger partial charge in [-0.15, -0.1) is 0 Å². The number of carbonyl (C=O) groups excluding carboxylic acids is 1. The third-order valence-corrected chi connectivity index (χ3v) is 4.69. The molecule has 0 aromatic heterocycles. The quantitative estimate of drug-likeness (QED) is 0.828. The van der Waals surface area contributed by atoms with Gasteiger partial charge in [0.15, 0.2) is 0 Å². The molecule has 20 heavy (non-hydrogen) atoms. The number of benzene rings is 1. The van der Waals surface area contributed by atoms with Crippen LogP contribution in [0.2, 0.25) is 0 Å². The Kier molecular flexibility index (Phi) is 3.74. The highest BCUT2D eigenvalue weighted by Crippen LogP contribution is 2.30. The van der Waals surface area contributed by atoms with Crippen LogP contribution in [0.4, 0.5) is 4.39 Å². The van der Waals surface area contributed by atoms with Crippen molar-refractivity contribution < 1.29 is 9.18 Å². The van der Waals surface area contributed by atoms with Crippen LogP contribution in [0.5, 0.6) is 0 Å². The van der Waals surface area contributed by atoms with Gasteiger partial charge in [0, 0.05) is 18.6 Å². The third kappa shape index (κ3) is 2.33. The molecule has 0 radical (unpaired) electrons. The number of hydrogen-bond donors (Lipinski definition) is 0. The van der Waals surface area contributed by atoms with E-state index in [2.05, 4.69) is 11.9 Å². The first kappa shape index (κ1) is 13.6. The molecule has 2 heterocycles. The Morgan fingerprint density at radius 2 is 1.85 bits per heavy atom. The molecule has 1 amide bonds. The van der Waals surface area contributed by atoms with Crippen LogP contribution in [0, 0.1) is 5.82 Å². The molecule has 1 aromatic carbocycles. The largest absolute Gasteiger partial charge is 0.334 e. The molecule has 0 bridgehead atoms. The zero-order valence-corrected chi connectivity index (χ0v) is 11.9. The monoisotopic (exact) mass is 276 g/mol. The lowest BCUT2D eigenvalue weighted by molar-refractivity contribution is 0.0660. The molecule has 1 aromatic rings. The molecule has 0 aliphatic carbocycles. The molecular weight excluding hydrogens is 255 g/mol. The number of likely N-dealkylation sites (N-methyl/N-ethyl adjacent to an activating group) is 1. The summed E-state index contributed by atoms with van der Waals surface area (Å²) < 4.78 is 13.8. The summed E-state index contributed by atoms with van der Waals surface area (Å²) in [6.07, 6.45) is 4.39. The van der Waals surface area contributed by atoms with Gasteiger partial charge in [-0.2, -0.15) is 0 Å². The van der Waals surface area contributed by atoms with Gasteiger partial charge in [0.2, 0.25) is 0 Å². The van der Waals surface area contributed by atoms with Crippen LogP contribution < -0.4 is 0 Å². The van der Waals surface area contributed by atoms with E-state index >= 15 is 0 Å². The third-order valence-electron chi connectivity index (χ3n) is 4.69. The maximum Gasteiger partial charge on any atom is 0.257 e. The molecule has 0 spiro atoms. The second kappa shape index (κ2) is 5.52. The van der Waals surface area contributed by atoms with Crippen molar-refractivity contribution in [3.63, 3.8) is 0 Å². The van der Waals surface area contributed by atoms with Crippen LogP contribution in [0.25, 0.3) is 0 Å². The average molecular weight is 276 g/mol. The highest BCUT2D eigenvalue weighted by Gasteiger charge is 2.39. The number of rotatable bonds is 2. The molecule has 2 saturated heterocycles. The Morgan fingerprint density at radius 1 is 1.15 bits per heavy atom. The summed E-state index contributed by atoms with van der Waals surface area (Å²) in [6.45, 7) is 1.85. The molecule has 2 atom stereocenters. The fourth-order valence-corrected chi connectivity index (χ4v) is 3.66. The van der Waals surface area contributed by atoms with Crippen molar-refractivity contribution in [1.82, 2.24) is 9.80 Å². The fourth-order valence-electron chi connectivity index (χ4n) is 3.66. The standard InChI is InChI=1S/C16H21FN2O/c1-18-10-4-8-14(18)15-9-5-11-19(15)16(20)12-6-2-3-7-13(12)17/h2-3,6-7,14-15H,4-5,8-11H2,1H3. The Hall–Kier alpha value is -1.42. The van der Waals surface area contributed by atoms with E-state index in [4.69, 9.17) is 0 Å². The van der Waals surface area contributed by atoms with Crippen molar-refractivity contribution in [3.8, 4) is 0 Å². The molecule has 4 heteroatoms. The summed E-state index contributed by atoms with van der Waals surface area (Å²) in [5.41, 5.74) is 0.208. The van der Waals surface area contributed by atoms with E-state index in [1.165, 1.54) is 12.5 Å². The maximum atomic E-state index is 13.8. The van der Waals surface area contributed by atoms with Crippen LogP contribution in [0.15, 0.2) is 24.3 Å². The van der Waals surface area contributed by atoms with Gasteiger partial charge < -0.3 is 9.80 Å². The number of likely N-dealkylation sites (tertiary alicyclic amines) is 2. The summed E-state index contributed by atoms with van der Waals surface area (Å²) in [6, 6.07) is 6.98. The lowest BCUT2D eigenvalue weighted by Crippen LogP contribution is -2.47. The molecule has 0 N–H and O–H groups in total. The topological polar surface area (TPSA) is 23.6 Å². The average Bonchev–Trinajstić information content (AvgIpc) is 3.06. The van der Waals surface area contributed by atoms with E-state index in [-0.39, 0.29) is 17.5 Å². The summed E-state index contributed by atoms with van der Waals surface area (Å²) >= 11 is 0. The van der Waals surface area contributed by atoms with Crippen LogP contribution in [0.3, 0.4) is 0 Å². The van der Waals surface area contributed by atoms with Crippen LogP contribution in [-0.4, -0.2) is 47.9 Å². The van der Waals surface area contributed by atoms with Crippen molar-refractivity contribution >= 4 is 5.91 Å². The van der Waals surface area contributed by atoms with Crippen molar-refractivity contribution in [2.45, 2.75) is 37.8 Å². The van der Waals surface area contributed by atoms with Crippen LogP contribution >= 0.6 is 0 Å². The summed E-state index contributed by atoms with van der Waals surface area (Å²) in [4.78, 5) is 16.8. The van der Waals surface area contributed by atoms with E-state index < -0.39 is 5.82 Å². The second-order valence-corrected chi connectivity index (χ2v) is 5.88. The lowest BCUT2D eigenvalue weighted by atomic mass is 10.0. The second-order valence-electron chi connectivity index (χ2n) is 5.88. The predicted molar refractivity (Wildman–Crippen MR) is 76.1 cm³/mol. The zero-order valence-electron chi connectivity index (χ0n) is 11.9. The molecule has 3 rings (SSSR count). The van der Waals surface area contributed by atoms with Crippen molar-refractivity contribution in [2.24, 2.45) is 0 Å². The number of amides is 1. The number of carbonyl (C=O) groups is 1. The van der Waals surface area contributed by atoms with E-state index in [1.807, 2.05) is 4.90 Å². The lowest BCUT2D eigenvalue weighted by Gasteiger charge is -2.33. The van der Waals surface area contributed by atoms with E-state index in [0.29, 0.717) is 6.04 Å². The van der Waals surface area contributed by atoms with Gasteiger partial charge in [-0.05, 0) is 51.4 Å². The molecule has 2 unspecified atom stereocenters. The SMILES string of the molecule is CN1CCCC1C1CCCN1C(=O)c1ccccc1F. The summed E-state index contributed by atoms with van der Waals surface area (Å²) in [7, 11) is 2.13. The molecule has 108 valence electrons. The highest BCUT2D eigenvalue weighted by molar-refractivity contribution is 5.94. The van der Waals surface area contributed by atoms with Gasteiger partial charge >= 0.3 is 0 Å². The Bertz CT molecular complexity index is 505. The van der Waals surface area contributed by atoms with Gasteiger partial charge in [0.1, 0.15) is 5.82 Å². The van der Waals surface area contributed by atoms with Gasteiger partial charge in [-0.25, -0.2) is 4.39 Å². The normalized spacial score (nSPS) is 27.2. The minimum absolute atomic E-state index is 0.147. The van der Waals surface area contributed by atoms with Crippen LogP contribution in [0.1, 0.15) is 36.0 Å². The Balaban J connectivity index is 1.82. The summed E-state index contributed by atoms with van der Waals surface area (Å²) in [5.74, 6) is -0.561. The minimum Gasteiger partial charge on any atom is -0.334 e. The molecule has 0 saturated carbocycles. The first-order chi connectivity index (χ1) is 9.68. The van der Waals surface area contributed by atoms with Gasteiger partial charge in [0.25, 0.3) is 5.91 Å². The molecule has 2 aliphatic heterocycles. The Labute approximate surface area is 119 Å². The summed E-state index contributed by atoms with van der Waals surface area (Å²) in [5, 5.41) is 0. The number of nitrogens with zero attached hydrogens (tertiary/aromatic N) is 2. The first-order valence-corrected chi connectivity index (χ1v) is 7.44. The predicted octanol–water partition coefficient (Wildman–Crippen LogP) is 2.52. The molecule has 2 fully saturated rings. The van der Waals surface area contributed by atoms with Crippen LogP contribution in [-0.2, 0) is 0 Å². The van der Waals surface area contributed by atoms with Gasteiger partial charge in [0.05, 0.1) is 5.56 Å². The molecule has 2 aliphatic rings. The number of hydrogen-bond acceptors (Lipinski definition) is 2. The van der Waals surface area contributed by atoms with Crippen molar-refractivity contribution in [1.29, 1.82) is 0 Å². The van der Waals surface area contributed by atoms with E-state index in [9.17, 15) is 9.18 Å². The van der Waals surface area contributed by atoms with Gasteiger partial charge in [-0.1, -0.05) is 12.1 Å². The zero-order chi connectivity index (χ0) is 14.1. The maximum absolute atomic E-state index is 13.8. The van der Waals surface area contributed by atoms with Gasteiger partial charge in [-0.3, -0.25) is 4.79 Å². The first-order valence-electron chi connectivity index (χ1n) is 7.44. The van der Waals surface area contributed by atoms with E-state index in [1.54, 1.807) is 18.2 Å². The Morgan fingerprint density at radius 3 is 2.55 bits per heavy atom. The van der Waals surface area contributed by atoms with E-state index in [0.717, 1.165) is 32.4 Å². The fraction of sp³-hybridized carbons (Fsp3) is 0.562.